The van der Waals surface area contributed by atoms with E-state index in [1.165, 1.54) is 6.26 Å². The van der Waals surface area contributed by atoms with Crippen LogP contribution in [0.1, 0.15) is 11.3 Å². The van der Waals surface area contributed by atoms with E-state index in [0.29, 0.717) is 12.2 Å². The number of rotatable bonds is 4. The van der Waals surface area contributed by atoms with Gasteiger partial charge in [0.15, 0.2) is 5.96 Å². The molecule has 3 N–H and O–H groups in total. The molecule has 0 saturated carbocycles. The third-order valence-corrected chi connectivity index (χ3v) is 3.48. The number of nitrogens with two attached hydrogens (primary N) is 1. The molecule has 6 heteroatoms. The lowest BCUT2D eigenvalue weighted by atomic mass is 9.88. The van der Waals surface area contributed by atoms with Crippen LogP contribution in [0, 0.1) is 0 Å². The minimum absolute atomic E-state index is 0.102. The summed E-state index contributed by atoms with van der Waals surface area (Å²) in [7, 11) is 1.61. The molecule has 0 fully saturated rings. The fourth-order valence-corrected chi connectivity index (χ4v) is 2.43. The number of hydrogen-bond donors (Lipinski definition) is 2. The zero-order valence-electron chi connectivity index (χ0n) is 11.5. The van der Waals surface area contributed by atoms with Gasteiger partial charge in [0.05, 0.1) is 13.4 Å². The second kappa shape index (κ2) is 4.97. The smallest absolute Gasteiger partial charge is 0.262 e. The summed E-state index contributed by atoms with van der Waals surface area (Å²) < 4.78 is 10.5. The SMILES string of the molecule is COc1ccc(C[C@]2(c3ccco3)N=C(N)NC2=O)cc1. The maximum absolute atomic E-state index is 12.3. The molecule has 1 amide bonds. The van der Waals surface area contributed by atoms with Crippen LogP contribution in [0.15, 0.2) is 52.1 Å². The summed E-state index contributed by atoms with van der Waals surface area (Å²) in [5.74, 6) is 1.04. The zero-order valence-corrected chi connectivity index (χ0v) is 11.5. The van der Waals surface area contributed by atoms with Gasteiger partial charge >= 0.3 is 0 Å². The summed E-state index contributed by atoms with van der Waals surface area (Å²) in [6.45, 7) is 0. The number of guanidine groups is 1. The van der Waals surface area contributed by atoms with Crippen molar-refractivity contribution >= 4 is 11.9 Å². The van der Waals surface area contributed by atoms with Gasteiger partial charge in [-0.05, 0) is 29.8 Å². The minimum atomic E-state index is -1.15. The molecular formula is C15H15N3O3. The number of nitrogens with one attached hydrogen (secondary N) is 1. The van der Waals surface area contributed by atoms with Crippen LogP contribution in [0.4, 0.5) is 0 Å². The van der Waals surface area contributed by atoms with Crippen molar-refractivity contribution < 1.29 is 13.9 Å². The van der Waals surface area contributed by atoms with Gasteiger partial charge in [-0.2, -0.15) is 0 Å². The normalized spacial score (nSPS) is 21.0. The Morgan fingerprint density at radius 2 is 2.10 bits per heavy atom. The Hall–Kier alpha value is -2.76. The Kier molecular flexibility index (Phi) is 3.13. The second-order valence-corrected chi connectivity index (χ2v) is 4.81. The molecular weight excluding hydrogens is 270 g/mol. The molecule has 1 aliphatic rings. The summed E-state index contributed by atoms with van der Waals surface area (Å²) >= 11 is 0. The molecule has 0 aliphatic carbocycles. The summed E-state index contributed by atoms with van der Waals surface area (Å²) in [4.78, 5) is 16.6. The van der Waals surface area contributed by atoms with Crippen molar-refractivity contribution in [1.82, 2.24) is 5.32 Å². The van der Waals surface area contributed by atoms with Crippen LogP contribution in [0.3, 0.4) is 0 Å². The number of nitrogens with zero attached hydrogens (tertiary/aromatic N) is 1. The number of ether oxygens (including phenoxy) is 1. The number of amides is 1. The molecule has 3 rings (SSSR count). The summed E-state index contributed by atoms with van der Waals surface area (Å²) in [5.41, 5.74) is 5.44. The molecule has 1 aliphatic heterocycles. The highest BCUT2D eigenvalue weighted by molar-refractivity contribution is 6.07. The van der Waals surface area contributed by atoms with Crippen LogP contribution < -0.4 is 15.8 Å². The maximum Gasteiger partial charge on any atom is 0.262 e. The minimum Gasteiger partial charge on any atom is -0.497 e. The Morgan fingerprint density at radius 3 is 2.62 bits per heavy atom. The first-order chi connectivity index (χ1) is 10.1. The summed E-state index contributed by atoms with van der Waals surface area (Å²) in [6, 6.07) is 10.9. The van der Waals surface area contributed by atoms with E-state index in [0.717, 1.165) is 11.3 Å². The first-order valence-electron chi connectivity index (χ1n) is 6.48. The van der Waals surface area contributed by atoms with Crippen molar-refractivity contribution in [3.05, 3.63) is 54.0 Å². The number of methoxy groups -OCH3 is 1. The molecule has 1 aromatic carbocycles. The van der Waals surface area contributed by atoms with E-state index in [1.54, 1.807) is 19.2 Å². The Morgan fingerprint density at radius 1 is 1.33 bits per heavy atom. The van der Waals surface area contributed by atoms with Gasteiger partial charge in [-0.1, -0.05) is 12.1 Å². The highest BCUT2D eigenvalue weighted by Crippen LogP contribution is 2.33. The third kappa shape index (κ3) is 2.24. The molecule has 6 nitrogen and oxygen atoms in total. The summed E-state index contributed by atoms with van der Waals surface area (Å²) in [6.07, 6.45) is 1.87. The lowest BCUT2D eigenvalue weighted by Crippen LogP contribution is -2.40. The fourth-order valence-electron chi connectivity index (χ4n) is 2.43. The van der Waals surface area contributed by atoms with Gasteiger partial charge in [-0.15, -0.1) is 0 Å². The molecule has 1 atom stereocenters. The number of carbonyl (C=O) groups is 1. The van der Waals surface area contributed by atoms with E-state index >= 15 is 0 Å². The Balaban J connectivity index is 1.99. The molecule has 0 bridgehead atoms. The average Bonchev–Trinajstić information content (AvgIpc) is 3.09. The Labute approximate surface area is 121 Å². The third-order valence-electron chi connectivity index (χ3n) is 3.48. The maximum atomic E-state index is 12.3. The van der Waals surface area contributed by atoms with E-state index in [-0.39, 0.29) is 11.9 Å². The van der Waals surface area contributed by atoms with Gasteiger partial charge in [-0.3, -0.25) is 10.1 Å². The lowest BCUT2D eigenvalue weighted by Gasteiger charge is -2.21. The largest absolute Gasteiger partial charge is 0.497 e. The van der Waals surface area contributed by atoms with E-state index < -0.39 is 5.54 Å². The molecule has 108 valence electrons. The average molecular weight is 285 g/mol. The zero-order chi connectivity index (χ0) is 14.9. The van der Waals surface area contributed by atoms with Gasteiger partial charge in [0.2, 0.25) is 5.54 Å². The number of aliphatic imine (C=N–C) groups is 1. The van der Waals surface area contributed by atoms with Crippen molar-refractivity contribution in [2.75, 3.05) is 7.11 Å². The quantitative estimate of drug-likeness (QED) is 0.882. The number of hydrogen-bond acceptors (Lipinski definition) is 5. The van der Waals surface area contributed by atoms with Gasteiger partial charge < -0.3 is 14.9 Å². The van der Waals surface area contributed by atoms with Gasteiger partial charge in [0.1, 0.15) is 11.5 Å². The van der Waals surface area contributed by atoms with Crippen LogP contribution in [0.2, 0.25) is 0 Å². The molecule has 21 heavy (non-hydrogen) atoms. The molecule has 2 aromatic rings. The van der Waals surface area contributed by atoms with Crippen molar-refractivity contribution in [3.8, 4) is 5.75 Å². The highest BCUT2D eigenvalue weighted by atomic mass is 16.5. The first-order valence-corrected chi connectivity index (χ1v) is 6.48. The van der Waals surface area contributed by atoms with E-state index in [4.69, 9.17) is 14.9 Å². The molecule has 0 saturated heterocycles. The number of benzene rings is 1. The van der Waals surface area contributed by atoms with Gasteiger partial charge in [0.25, 0.3) is 5.91 Å². The van der Waals surface area contributed by atoms with E-state index in [9.17, 15) is 4.79 Å². The number of carbonyl (C=O) groups excluding carboxylic acids is 1. The van der Waals surface area contributed by atoms with Crippen molar-refractivity contribution in [3.63, 3.8) is 0 Å². The first kappa shape index (κ1) is 13.2. The van der Waals surface area contributed by atoms with Crippen LogP contribution in [-0.2, 0) is 16.8 Å². The molecule has 0 radical (unpaired) electrons. The summed E-state index contributed by atoms with van der Waals surface area (Å²) in [5, 5.41) is 2.54. The fraction of sp³-hybridized carbons (Fsp3) is 0.200. The van der Waals surface area contributed by atoms with Crippen LogP contribution in [-0.4, -0.2) is 19.0 Å². The molecule has 1 aromatic heterocycles. The monoisotopic (exact) mass is 285 g/mol. The van der Waals surface area contributed by atoms with Crippen LogP contribution in [0.25, 0.3) is 0 Å². The molecule has 2 heterocycles. The lowest BCUT2D eigenvalue weighted by molar-refractivity contribution is -0.124. The Bertz CT molecular complexity index is 677. The van der Waals surface area contributed by atoms with Crippen molar-refractivity contribution in [2.45, 2.75) is 12.0 Å². The van der Waals surface area contributed by atoms with E-state index in [1.807, 2.05) is 24.3 Å². The predicted octanol–water partition coefficient (Wildman–Crippen LogP) is 1.17. The topological polar surface area (TPSA) is 89.8 Å². The van der Waals surface area contributed by atoms with Crippen molar-refractivity contribution in [2.24, 2.45) is 10.7 Å². The van der Waals surface area contributed by atoms with Crippen molar-refractivity contribution in [1.29, 1.82) is 0 Å². The van der Waals surface area contributed by atoms with Crippen LogP contribution in [0.5, 0.6) is 5.75 Å². The molecule has 0 spiro atoms. The van der Waals surface area contributed by atoms with Gasteiger partial charge in [-0.25, -0.2) is 4.99 Å². The number of furan rings is 1. The van der Waals surface area contributed by atoms with E-state index in [2.05, 4.69) is 10.3 Å². The van der Waals surface area contributed by atoms with Gasteiger partial charge in [0, 0.05) is 6.42 Å². The standard InChI is InChI=1S/C15H15N3O3/c1-20-11-6-4-10(5-7-11)9-15(12-3-2-8-21-12)13(19)17-14(16)18-15/h2-8H,9H2,1H3,(H3,16,17,18,19)/t15-/m1/s1. The van der Waals surface area contributed by atoms with Crippen LogP contribution >= 0.6 is 0 Å². The highest BCUT2D eigenvalue weighted by Gasteiger charge is 2.47. The second-order valence-electron chi connectivity index (χ2n) is 4.81. The molecule has 0 unspecified atom stereocenters. The predicted molar refractivity (Wildman–Crippen MR) is 76.8 cm³/mol.